The molecule has 3 N–H and O–H groups in total. The van der Waals surface area contributed by atoms with E-state index in [1.165, 1.54) is 5.56 Å². The third-order valence-electron chi connectivity index (χ3n) is 2.99. The van der Waals surface area contributed by atoms with Gasteiger partial charge in [0.25, 0.3) is 0 Å². The maximum absolute atomic E-state index is 11.0. The van der Waals surface area contributed by atoms with Gasteiger partial charge in [0.15, 0.2) is 0 Å². The van der Waals surface area contributed by atoms with Crippen LogP contribution in [0.2, 0.25) is 0 Å². The first-order chi connectivity index (χ1) is 8.29. The van der Waals surface area contributed by atoms with E-state index in [0.717, 1.165) is 25.1 Å². The molecule has 1 amide bonds. The summed E-state index contributed by atoms with van der Waals surface area (Å²) in [6, 6.07) is 5.61. The van der Waals surface area contributed by atoms with E-state index in [2.05, 4.69) is 26.1 Å². The highest BCUT2D eigenvalue weighted by atomic mass is 16.1. The number of aryl methyl sites for hydroxylation is 1. The number of hydrogen-bond donors (Lipinski definition) is 2. The van der Waals surface area contributed by atoms with E-state index < -0.39 is 0 Å². The van der Waals surface area contributed by atoms with Crippen LogP contribution in [0.5, 0.6) is 0 Å². The van der Waals surface area contributed by atoms with E-state index in [9.17, 15) is 4.79 Å². The monoisotopic (exact) mass is 248 g/mol. The molecule has 0 saturated heterocycles. The Labute approximate surface area is 110 Å². The van der Waals surface area contributed by atoms with Crippen LogP contribution in [0.25, 0.3) is 0 Å². The van der Waals surface area contributed by atoms with Crippen LogP contribution < -0.4 is 11.1 Å². The van der Waals surface area contributed by atoms with Gasteiger partial charge < -0.3 is 11.1 Å². The third-order valence-corrected chi connectivity index (χ3v) is 2.99. The van der Waals surface area contributed by atoms with Gasteiger partial charge in [-0.3, -0.25) is 4.79 Å². The van der Waals surface area contributed by atoms with Crippen LogP contribution in [0.3, 0.4) is 0 Å². The Kier molecular flexibility index (Phi) is 4.91. The van der Waals surface area contributed by atoms with E-state index >= 15 is 0 Å². The molecule has 0 aliphatic rings. The van der Waals surface area contributed by atoms with Crippen molar-refractivity contribution in [2.24, 2.45) is 11.1 Å². The van der Waals surface area contributed by atoms with Gasteiger partial charge in [0.05, 0.1) is 0 Å². The van der Waals surface area contributed by atoms with Crippen LogP contribution >= 0.6 is 0 Å². The minimum atomic E-state index is -0.370. The van der Waals surface area contributed by atoms with Gasteiger partial charge >= 0.3 is 0 Å². The van der Waals surface area contributed by atoms with Gasteiger partial charge in [0.2, 0.25) is 5.91 Å². The lowest BCUT2D eigenvalue weighted by molar-refractivity contribution is 0.1000. The van der Waals surface area contributed by atoms with Crippen molar-refractivity contribution in [2.75, 3.05) is 6.54 Å². The highest BCUT2D eigenvalue weighted by molar-refractivity contribution is 5.93. The fraction of sp³-hybridized carbons (Fsp3) is 0.533. The predicted molar refractivity (Wildman–Crippen MR) is 75.5 cm³/mol. The Morgan fingerprint density at radius 2 is 2.00 bits per heavy atom. The molecule has 0 saturated carbocycles. The number of primary amides is 1. The van der Waals surface area contributed by atoms with Gasteiger partial charge in [-0.25, -0.2) is 0 Å². The normalized spacial score (nSPS) is 11.6. The number of hydrogen-bond acceptors (Lipinski definition) is 2. The van der Waals surface area contributed by atoms with E-state index in [0.29, 0.717) is 11.0 Å². The molecule has 3 nitrogen and oxygen atoms in total. The Hall–Kier alpha value is -1.35. The molecule has 0 fully saturated rings. The van der Waals surface area contributed by atoms with Crippen LogP contribution in [-0.2, 0) is 6.54 Å². The molecular formula is C15H24N2O. The molecule has 0 aliphatic heterocycles. The summed E-state index contributed by atoms with van der Waals surface area (Å²) >= 11 is 0. The molecule has 18 heavy (non-hydrogen) atoms. The molecule has 1 aromatic carbocycles. The molecular weight excluding hydrogens is 224 g/mol. The average Bonchev–Trinajstić information content (AvgIpc) is 2.24. The number of rotatable bonds is 5. The zero-order valence-corrected chi connectivity index (χ0v) is 11.8. The average molecular weight is 248 g/mol. The molecule has 100 valence electrons. The summed E-state index contributed by atoms with van der Waals surface area (Å²) in [5, 5.41) is 3.43. The molecule has 0 radical (unpaired) electrons. The van der Waals surface area contributed by atoms with Crippen LogP contribution in [0.15, 0.2) is 18.2 Å². The van der Waals surface area contributed by atoms with Crippen molar-refractivity contribution in [1.82, 2.24) is 5.32 Å². The van der Waals surface area contributed by atoms with Gasteiger partial charge in [0.1, 0.15) is 0 Å². The van der Waals surface area contributed by atoms with E-state index in [1.54, 1.807) is 6.07 Å². The summed E-state index contributed by atoms with van der Waals surface area (Å²) in [5.41, 5.74) is 8.50. The molecule has 0 unspecified atom stereocenters. The molecule has 3 heteroatoms. The predicted octanol–water partition coefficient (Wildman–Crippen LogP) is 2.62. The number of carbonyl (C=O) groups excluding carboxylic acids is 1. The smallest absolute Gasteiger partial charge is 0.248 e. The Morgan fingerprint density at radius 3 is 2.50 bits per heavy atom. The molecule has 0 aliphatic carbocycles. The standard InChI is InChI=1S/C15H24N2O/c1-11-9-12(14(16)18)5-6-13(11)10-17-8-7-15(2,3)4/h5-6,9,17H,7-8,10H2,1-4H3,(H2,16,18). The fourth-order valence-corrected chi connectivity index (χ4v) is 1.73. The lowest BCUT2D eigenvalue weighted by atomic mass is 9.92. The van der Waals surface area contributed by atoms with Gasteiger partial charge in [-0.2, -0.15) is 0 Å². The number of benzene rings is 1. The highest BCUT2D eigenvalue weighted by Crippen LogP contribution is 2.17. The molecule has 0 heterocycles. The number of amides is 1. The van der Waals surface area contributed by atoms with E-state index in [1.807, 2.05) is 19.1 Å². The topological polar surface area (TPSA) is 55.1 Å². The number of nitrogens with one attached hydrogen (secondary N) is 1. The Balaban J connectivity index is 2.51. The summed E-state index contributed by atoms with van der Waals surface area (Å²) in [7, 11) is 0. The summed E-state index contributed by atoms with van der Waals surface area (Å²) in [4.78, 5) is 11.0. The number of nitrogens with two attached hydrogens (primary N) is 1. The molecule has 0 atom stereocenters. The first-order valence-electron chi connectivity index (χ1n) is 6.40. The summed E-state index contributed by atoms with van der Waals surface area (Å²) < 4.78 is 0. The van der Waals surface area contributed by atoms with Gasteiger partial charge in [-0.1, -0.05) is 26.8 Å². The van der Waals surface area contributed by atoms with Crippen molar-refractivity contribution in [1.29, 1.82) is 0 Å². The van der Waals surface area contributed by atoms with Gasteiger partial charge in [0, 0.05) is 12.1 Å². The number of carbonyl (C=O) groups is 1. The van der Waals surface area contributed by atoms with Gasteiger partial charge in [-0.05, 0) is 48.6 Å². The van der Waals surface area contributed by atoms with Crippen molar-refractivity contribution in [3.05, 3.63) is 34.9 Å². The molecule has 1 rings (SSSR count). The van der Waals surface area contributed by atoms with E-state index in [4.69, 9.17) is 5.73 Å². The maximum atomic E-state index is 11.0. The summed E-state index contributed by atoms with van der Waals surface area (Å²) in [5.74, 6) is -0.370. The van der Waals surface area contributed by atoms with Crippen molar-refractivity contribution in [2.45, 2.75) is 40.7 Å². The lowest BCUT2D eigenvalue weighted by Gasteiger charge is -2.18. The molecule has 1 aromatic rings. The first-order valence-corrected chi connectivity index (χ1v) is 6.40. The van der Waals surface area contributed by atoms with Crippen LogP contribution in [-0.4, -0.2) is 12.5 Å². The van der Waals surface area contributed by atoms with Crippen LogP contribution in [0.4, 0.5) is 0 Å². The quantitative estimate of drug-likeness (QED) is 0.787. The minimum Gasteiger partial charge on any atom is -0.366 e. The Morgan fingerprint density at radius 1 is 1.33 bits per heavy atom. The molecule has 0 spiro atoms. The largest absolute Gasteiger partial charge is 0.366 e. The minimum absolute atomic E-state index is 0.359. The second kappa shape index (κ2) is 6.01. The van der Waals surface area contributed by atoms with Crippen molar-refractivity contribution in [3.8, 4) is 0 Å². The SMILES string of the molecule is Cc1cc(C(N)=O)ccc1CNCCC(C)(C)C. The zero-order chi connectivity index (χ0) is 13.8. The highest BCUT2D eigenvalue weighted by Gasteiger charge is 2.09. The second-order valence-corrected chi connectivity index (χ2v) is 5.99. The summed E-state index contributed by atoms with van der Waals surface area (Å²) in [6.45, 7) is 10.6. The lowest BCUT2D eigenvalue weighted by Crippen LogP contribution is -2.20. The van der Waals surface area contributed by atoms with Gasteiger partial charge in [-0.15, -0.1) is 0 Å². The molecule has 0 aromatic heterocycles. The van der Waals surface area contributed by atoms with E-state index in [-0.39, 0.29) is 5.91 Å². The molecule has 0 bridgehead atoms. The van der Waals surface area contributed by atoms with Crippen LogP contribution in [0.1, 0.15) is 48.7 Å². The maximum Gasteiger partial charge on any atom is 0.248 e. The fourth-order valence-electron chi connectivity index (χ4n) is 1.73. The first kappa shape index (κ1) is 14.7. The van der Waals surface area contributed by atoms with Crippen molar-refractivity contribution < 1.29 is 4.79 Å². The van der Waals surface area contributed by atoms with Crippen molar-refractivity contribution in [3.63, 3.8) is 0 Å². The zero-order valence-electron chi connectivity index (χ0n) is 11.8. The third kappa shape index (κ3) is 4.88. The van der Waals surface area contributed by atoms with Crippen LogP contribution in [0, 0.1) is 12.3 Å². The second-order valence-electron chi connectivity index (χ2n) is 5.99. The summed E-state index contributed by atoms with van der Waals surface area (Å²) in [6.07, 6.45) is 1.14. The Bertz CT molecular complexity index is 419. The van der Waals surface area contributed by atoms with Crippen molar-refractivity contribution >= 4 is 5.91 Å².